The molecule has 1 atom stereocenters. The van der Waals surface area contributed by atoms with E-state index in [1.165, 1.54) is 12.1 Å². The lowest BCUT2D eigenvalue weighted by molar-refractivity contribution is 0.0696. The SMILES string of the molecule is CC(=CCCC(C)CO)c1ccc(C(=O)O)cc1O. The van der Waals surface area contributed by atoms with E-state index in [0.29, 0.717) is 5.56 Å². The first-order valence-electron chi connectivity index (χ1n) is 6.30. The standard InChI is InChI=1S/C15H20O4/c1-10(9-16)4-3-5-11(2)13-7-6-12(15(18)19)8-14(13)17/h5-8,10,16-17H,3-4,9H2,1-2H3,(H,18,19). The van der Waals surface area contributed by atoms with Gasteiger partial charge in [-0.3, -0.25) is 0 Å². The van der Waals surface area contributed by atoms with Crippen LogP contribution in [0, 0.1) is 5.92 Å². The molecule has 0 aliphatic heterocycles. The van der Waals surface area contributed by atoms with Gasteiger partial charge in [-0.2, -0.15) is 0 Å². The Labute approximate surface area is 113 Å². The predicted octanol–water partition coefficient (Wildman–Crippen LogP) is 2.90. The molecular weight excluding hydrogens is 244 g/mol. The van der Waals surface area contributed by atoms with Crippen LogP contribution in [0.3, 0.4) is 0 Å². The van der Waals surface area contributed by atoms with Crippen molar-refractivity contribution in [1.29, 1.82) is 0 Å². The second-order valence-corrected chi connectivity index (χ2v) is 4.79. The largest absolute Gasteiger partial charge is 0.507 e. The zero-order chi connectivity index (χ0) is 14.4. The fourth-order valence-corrected chi connectivity index (χ4v) is 1.78. The normalized spacial score (nSPS) is 13.3. The lowest BCUT2D eigenvalue weighted by Gasteiger charge is -2.08. The maximum absolute atomic E-state index is 10.8. The number of hydrogen-bond acceptors (Lipinski definition) is 3. The minimum absolute atomic E-state index is 0.0242. The van der Waals surface area contributed by atoms with E-state index >= 15 is 0 Å². The van der Waals surface area contributed by atoms with E-state index in [9.17, 15) is 9.90 Å². The first kappa shape index (κ1) is 15.2. The molecule has 4 heteroatoms. The summed E-state index contributed by atoms with van der Waals surface area (Å²) in [7, 11) is 0. The van der Waals surface area contributed by atoms with Crippen LogP contribution in [0.2, 0.25) is 0 Å². The Kier molecular flexibility index (Phi) is 5.57. The molecule has 19 heavy (non-hydrogen) atoms. The number of carboxylic acids is 1. The molecule has 1 rings (SSSR count). The van der Waals surface area contributed by atoms with Gasteiger partial charge in [0.25, 0.3) is 0 Å². The van der Waals surface area contributed by atoms with Gasteiger partial charge in [0.1, 0.15) is 5.75 Å². The number of carboxylic acid groups (broad SMARTS) is 1. The van der Waals surface area contributed by atoms with Crippen LogP contribution in [0.5, 0.6) is 5.75 Å². The first-order valence-corrected chi connectivity index (χ1v) is 6.30. The number of rotatable bonds is 6. The average molecular weight is 264 g/mol. The van der Waals surface area contributed by atoms with Gasteiger partial charge in [-0.1, -0.05) is 19.1 Å². The molecule has 3 N–H and O–H groups in total. The lowest BCUT2D eigenvalue weighted by atomic mass is 10.0. The van der Waals surface area contributed by atoms with Crippen molar-refractivity contribution in [3.05, 3.63) is 35.4 Å². The van der Waals surface area contributed by atoms with Crippen LogP contribution in [0.4, 0.5) is 0 Å². The molecule has 0 aliphatic carbocycles. The van der Waals surface area contributed by atoms with E-state index in [1.54, 1.807) is 6.07 Å². The Balaban J connectivity index is 2.79. The molecule has 0 bridgehead atoms. The molecular formula is C15H20O4. The highest BCUT2D eigenvalue weighted by atomic mass is 16.4. The van der Waals surface area contributed by atoms with Crippen LogP contribution in [0.25, 0.3) is 5.57 Å². The summed E-state index contributed by atoms with van der Waals surface area (Å²) >= 11 is 0. The molecule has 1 aromatic rings. The van der Waals surface area contributed by atoms with E-state index in [4.69, 9.17) is 10.2 Å². The monoisotopic (exact) mass is 264 g/mol. The summed E-state index contributed by atoms with van der Waals surface area (Å²) in [4.78, 5) is 10.8. The second kappa shape index (κ2) is 6.95. The third-order valence-electron chi connectivity index (χ3n) is 3.09. The van der Waals surface area contributed by atoms with Gasteiger partial charge in [-0.25, -0.2) is 4.79 Å². The highest BCUT2D eigenvalue weighted by Gasteiger charge is 2.08. The van der Waals surface area contributed by atoms with E-state index in [1.807, 2.05) is 19.9 Å². The van der Waals surface area contributed by atoms with Gasteiger partial charge in [-0.05, 0) is 43.4 Å². The average Bonchev–Trinajstić information content (AvgIpc) is 2.37. The maximum atomic E-state index is 10.8. The summed E-state index contributed by atoms with van der Waals surface area (Å²) in [5, 5.41) is 27.6. The third kappa shape index (κ3) is 4.41. The van der Waals surface area contributed by atoms with Gasteiger partial charge >= 0.3 is 5.97 Å². The van der Waals surface area contributed by atoms with Gasteiger partial charge < -0.3 is 15.3 Å². The second-order valence-electron chi connectivity index (χ2n) is 4.79. The van der Waals surface area contributed by atoms with Crippen molar-refractivity contribution in [2.24, 2.45) is 5.92 Å². The van der Waals surface area contributed by atoms with Crippen molar-refractivity contribution >= 4 is 11.5 Å². The van der Waals surface area contributed by atoms with E-state index in [-0.39, 0.29) is 23.8 Å². The summed E-state index contributed by atoms with van der Waals surface area (Å²) in [6, 6.07) is 4.34. The summed E-state index contributed by atoms with van der Waals surface area (Å²) in [5.74, 6) is -0.823. The van der Waals surface area contributed by atoms with Gasteiger partial charge in [-0.15, -0.1) is 0 Å². The molecule has 0 heterocycles. The Morgan fingerprint density at radius 1 is 1.42 bits per heavy atom. The van der Waals surface area contributed by atoms with Crippen molar-refractivity contribution < 1.29 is 20.1 Å². The van der Waals surface area contributed by atoms with Crippen molar-refractivity contribution in [1.82, 2.24) is 0 Å². The van der Waals surface area contributed by atoms with Gasteiger partial charge in [0, 0.05) is 12.2 Å². The predicted molar refractivity (Wildman–Crippen MR) is 74.2 cm³/mol. The Morgan fingerprint density at radius 2 is 2.11 bits per heavy atom. The summed E-state index contributed by atoms with van der Waals surface area (Å²) < 4.78 is 0. The number of hydrogen-bond donors (Lipinski definition) is 3. The molecule has 0 aliphatic rings. The van der Waals surface area contributed by atoms with Gasteiger partial charge in [0.15, 0.2) is 0 Å². The number of aliphatic hydroxyl groups is 1. The molecule has 4 nitrogen and oxygen atoms in total. The maximum Gasteiger partial charge on any atom is 0.335 e. The van der Waals surface area contributed by atoms with Crippen molar-refractivity contribution in [3.63, 3.8) is 0 Å². The topological polar surface area (TPSA) is 77.8 Å². The van der Waals surface area contributed by atoms with Crippen LogP contribution in [0.15, 0.2) is 24.3 Å². The van der Waals surface area contributed by atoms with Gasteiger partial charge in [0.2, 0.25) is 0 Å². The smallest absolute Gasteiger partial charge is 0.335 e. The molecule has 1 aromatic carbocycles. The fourth-order valence-electron chi connectivity index (χ4n) is 1.78. The van der Waals surface area contributed by atoms with Crippen molar-refractivity contribution in [2.45, 2.75) is 26.7 Å². The molecule has 0 spiro atoms. The van der Waals surface area contributed by atoms with Crippen LogP contribution >= 0.6 is 0 Å². The summed E-state index contributed by atoms with van der Waals surface area (Å²) in [6.45, 7) is 4.02. The zero-order valence-corrected chi connectivity index (χ0v) is 11.3. The van der Waals surface area contributed by atoms with Crippen molar-refractivity contribution in [3.8, 4) is 5.75 Å². The van der Waals surface area contributed by atoms with Gasteiger partial charge in [0.05, 0.1) is 5.56 Å². The molecule has 0 radical (unpaired) electrons. The van der Waals surface area contributed by atoms with Crippen LogP contribution in [-0.2, 0) is 0 Å². The van der Waals surface area contributed by atoms with Crippen molar-refractivity contribution in [2.75, 3.05) is 6.61 Å². The molecule has 0 amide bonds. The number of aromatic carboxylic acids is 1. The number of carbonyl (C=O) groups is 1. The van der Waals surface area contributed by atoms with E-state index < -0.39 is 5.97 Å². The quantitative estimate of drug-likeness (QED) is 0.738. The highest BCUT2D eigenvalue weighted by molar-refractivity contribution is 5.89. The number of aliphatic hydroxyl groups excluding tert-OH is 1. The minimum atomic E-state index is -1.06. The molecule has 0 saturated heterocycles. The molecule has 0 fully saturated rings. The molecule has 0 aromatic heterocycles. The fraction of sp³-hybridized carbons (Fsp3) is 0.400. The lowest BCUT2D eigenvalue weighted by Crippen LogP contribution is -1.99. The minimum Gasteiger partial charge on any atom is -0.507 e. The van der Waals surface area contributed by atoms with E-state index in [0.717, 1.165) is 18.4 Å². The molecule has 1 unspecified atom stereocenters. The van der Waals surface area contributed by atoms with E-state index in [2.05, 4.69) is 0 Å². The zero-order valence-electron chi connectivity index (χ0n) is 11.3. The Hall–Kier alpha value is -1.81. The Morgan fingerprint density at radius 3 is 2.63 bits per heavy atom. The summed E-state index contributed by atoms with van der Waals surface area (Å²) in [5.41, 5.74) is 1.61. The number of phenolic OH excluding ortho intramolecular Hbond substituents is 1. The molecule has 104 valence electrons. The summed E-state index contributed by atoms with van der Waals surface area (Å²) in [6.07, 6.45) is 3.68. The Bertz CT molecular complexity index is 477. The van der Waals surface area contributed by atoms with Crippen LogP contribution < -0.4 is 0 Å². The van der Waals surface area contributed by atoms with Crippen LogP contribution in [0.1, 0.15) is 42.6 Å². The first-order chi connectivity index (χ1) is 8.95. The number of benzene rings is 1. The van der Waals surface area contributed by atoms with Crippen LogP contribution in [-0.4, -0.2) is 27.9 Å². The number of phenols is 1. The number of aromatic hydroxyl groups is 1. The molecule has 0 saturated carbocycles. The number of allylic oxidation sites excluding steroid dienone is 2. The highest BCUT2D eigenvalue weighted by Crippen LogP contribution is 2.26. The third-order valence-corrected chi connectivity index (χ3v) is 3.09.